The molecular weight excluding hydrogens is 270 g/mol. The van der Waals surface area contributed by atoms with E-state index in [0.717, 1.165) is 32.2 Å². The molecule has 2 atom stereocenters. The summed E-state index contributed by atoms with van der Waals surface area (Å²) < 4.78 is 0. The molecule has 2 heteroatoms. The average molecular weight is 310 g/mol. The Morgan fingerprint density at radius 1 is 1.18 bits per heavy atom. The molecule has 0 radical (unpaired) electrons. The summed E-state index contributed by atoms with van der Waals surface area (Å²) in [6, 6.07) is 0.322. The third-order valence-corrected chi connectivity index (χ3v) is 5.14. The zero-order valence-electron chi connectivity index (χ0n) is 16.5. The second-order valence-electron chi connectivity index (χ2n) is 10.4. The van der Waals surface area contributed by atoms with Gasteiger partial charge in [-0.05, 0) is 41.9 Å². The molecule has 1 amide bonds. The van der Waals surface area contributed by atoms with Crippen molar-refractivity contribution in [3.8, 4) is 0 Å². The maximum Gasteiger partial charge on any atom is 0.225 e. The van der Waals surface area contributed by atoms with Crippen molar-refractivity contribution >= 4 is 5.91 Å². The number of likely N-dealkylation sites (tertiary alicyclic amines) is 1. The fourth-order valence-electron chi connectivity index (χ4n) is 3.72. The maximum absolute atomic E-state index is 13.2. The molecule has 0 aliphatic carbocycles. The highest BCUT2D eigenvalue weighted by atomic mass is 16.2. The van der Waals surface area contributed by atoms with Crippen LogP contribution in [-0.4, -0.2) is 23.4 Å². The molecule has 1 fully saturated rings. The average Bonchev–Trinajstić information content (AvgIpc) is 2.42. The van der Waals surface area contributed by atoms with Crippen LogP contribution in [0.5, 0.6) is 0 Å². The number of rotatable bonds is 3. The summed E-state index contributed by atoms with van der Waals surface area (Å²) in [4.78, 5) is 15.4. The number of nitrogens with zero attached hydrogens (tertiary/aromatic N) is 1. The molecular formula is C20H39NO. The van der Waals surface area contributed by atoms with E-state index >= 15 is 0 Å². The van der Waals surface area contributed by atoms with Crippen LogP contribution in [0.1, 0.15) is 88.0 Å². The van der Waals surface area contributed by atoms with Crippen molar-refractivity contribution in [2.75, 3.05) is 6.54 Å². The standard InChI is InChI=1S/C20H39NO/c1-10-15-13-20(8,9)11-12-21(17(15)22)16(19(5,6)7)14-18(2,3)4/h15-16H,10-14H2,1-9H3. The van der Waals surface area contributed by atoms with E-state index in [1.807, 2.05) is 0 Å². The Bertz CT molecular complexity index is 383. The van der Waals surface area contributed by atoms with Gasteiger partial charge in [-0.25, -0.2) is 0 Å². The molecule has 1 heterocycles. The molecule has 1 rings (SSSR count). The topological polar surface area (TPSA) is 20.3 Å². The molecule has 0 aromatic carbocycles. The van der Waals surface area contributed by atoms with Crippen LogP contribution < -0.4 is 0 Å². The van der Waals surface area contributed by atoms with Gasteiger partial charge in [0.25, 0.3) is 0 Å². The lowest BCUT2D eigenvalue weighted by Crippen LogP contribution is -2.50. The lowest BCUT2D eigenvalue weighted by atomic mass is 9.75. The maximum atomic E-state index is 13.2. The van der Waals surface area contributed by atoms with Gasteiger partial charge in [0.05, 0.1) is 0 Å². The Kier molecular flexibility index (Phi) is 5.79. The second kappa shape index (κ2) is 6.53. The van der Waals surface area contributed by atoms with Crippen LogP contribution in [0.15, 0.2) is 0 Å². The van der Waals surface area contributed by atoms with Crippen LogP contribution >= 0.6 is 0 Å². The van der Waals surface area contributed by atoms with Gasteiger partial charge in [0.15, 0.2) is 0 Å². The van der Waals surface area contributed by atoms with Crippen molar-refractivity contribution in [3.63, 3.8) is 0 Å². The summed E-state index contributed by atoms with van der Waals surface area (Å²) >= 11 is 0. The first kappa shape index (κ1) is 19.5. The van der Waals surface area contributed by atoms with Crippen LogP contribution in [0, 0.1) is 22.2 Å². The van der Waals surface area contributed by atoms with Crippen LogP contribution in [0.25, 0.3) is 0 Å². The largest absolute Gasteiger partial charge is 0.339 e. The quantitative estimate of drug-likeness (QED) is 0.673. The Hall–Kier alpha value is -0.530. The SMILES string of the molecule is CCC1CC(C)(C)CCN(C(CC(C)(C)C)C(C)(C)C)C1=O. The molecule has 0 aromatic rings. The predicted molar refractivity (Wildman–Crippen MR) is 95.8 cm³/mol. The van der Waals surface area contributed by atoms with E-state index in [-0.39, 0.29) is 22.2 Å². The third kappa shape index (κ3) is 5.28. The second-order valence-corrected chi connectivity index (χ2v) is 10.4. The molecule has 22 heavy (non-hydrogen) atoms. The smallest absolute Gasteiger partial charge is 0.225 e. The van der Waals surface area contributed by atoms with E-state index in [1.165, 1.54) is 0 Å². The number of hydrogen-bond acceptors (Lipinski definition) is 1. The molecule has 1 saturated heterocycles. The molecule has 0 spiro atoms. The first-order valence-electron chi connectivity index (χ1n) is 9.07. The molecule has 0 N–H and O–H groups in total. The highest BCUT2D eigenvalue weighted by Crippen LogP contribution is 2.40. The van der Waals surface area contributed by atoms with E-state index in [9.17, 15) is 4.79 Å². The first-order valence-corrected chi connectivity index (χ1v) is 9.07. The fourth-order valence-corrected chi connectivity index (χ4v) is 3.72. The van der Waals surface area contributed by atoms with Gasteiger partial charge in [-0.15, -0.1) is 0 Å². The van der Waals surface area contributed by atoms with Gasteiger partial charge in [0.1, 0.15) is 0 Å². The normalized spacial score (nSPS) is 25.0. The van der Waals surface area contributed by atoms with E-state index in [0.29, 0.717) is 11.9 Å². The number of hydrogen-bond donors (Lipinski definition) is 0. The minimum atomic E-state index is 0.121. The van der Waals surface area contributed by atoms with Crippen LogP contribution in [0.3, 0.4) is 0 Å². The number of carbonyl (C=O) groups excluding carboxylic acids is 1. The van der Waals surface area contributed by atoms with Gasteiger partial charge >= 0.3 is 0 Å². The van der Waals surface area contributed by atoms with Crippen molar-refractivity contribution < 1.29 is 4.79 Å². The summed E-state index contributed by atoms with van der Waals surface area (Å²) in [5.41, 5.74) is 0.632. The van der Waals surface area contributed by atoms with Gasteiger partial charge in [-0.3, -0.25) is 4.79 Å². The van der Waals surface area contributed by atoms with Crippen molar-refractivity contribution in [1.82, 2.24) is 4.90 Å². The van der Waals surface area contributed by atoms with Crippen molar-refractivity contribution in [2.45, 2.75) is 94.0 Å². The zero-order valence-corrected chi connectivity index (χ0v) is 16.5. The van der Waals surface area contributed by atoms with Gasteiger partial charge < -0.3 is 4.90 Å². The first-order chi connectivity index (χ1) is 9.77. The van der Waals surface area contributed by atoms with Crippen LogP contribution in [0.2, 0.25) is 0 Å². The lowest BCUT2D eigenvalue weighted by molar-refractivity contribution is -0.140. The van der Waals surface area contributed by atoms with Crippen LogP contribution in [0.4, 0.5) is 0 Å². The minimum absolute atomic E-state index is 0.121. The lowest BCUT2D eigenvalue weighted by Gasteiger charge is -2.44. The summed E-state index contributed by atoms with van der Waals surface area (Å²) in [6.45, 7) is 21.4. The summed E-state index contributed by atoms with van der Waals surface area (Å²) in [5, 5.41) is 0. The minimum Gasteiger partial charge on any atom is -0.339 e. The Balaban J connectivity index is 3.13. The monoisotopic (exact) mass is 309 g/mol. The molecule has 0 bridgehead atoms. The predicted octanol–water partition coefficient (Wildman–Crippen LogP) is 5.51. The highest BCUT2D eigenvalue weighted by molar-refractivity contribution is 5.79. The molecule has 2 unspecified atom stereocenters. The summed E-state index contributed by atoms with van der Waals surface area (Å²) in [7, 11) is 0. The van der Waals surface area contributed by atoms with E-state index in [1.54, 1.807) is 0 Å². The summed E-state index contributed by atoms with van der Waals surface area (Å²) in [5.74, 6) is 0.597. The van der Waals surface area contributed by atoms with Crippen molar-refractivity contribution in [3.05, 3.63) is 0 Å². The Morgan fingerprint density at radius 2 is 1.73 bits per heavy atom. The Morgan fingerprint density at radius 3 is 2.14 bits per heavy atom. The Labute approximate surface area is 139 Å². The van der Waals surface area contributed by atoms with E-state index < -0.39 is 0 Å². The summed E-state index contributed by atoms with van der Waals surface area (Å²) in [6.07, 6.45) is 4.18. The highest BCUT2D eigenvalue weighted by Gasteiger charge is 2.41. The number of carbonyl (C=O) groups is 1. The van der Waals surface area contributed by atoms with Gasteiger partial charge in [-0.2, -0.15) is 0 Å². The molecule has 0 aromatic heterocycles. The van der Waals surface area contributed by atoms with E-state index in [2.05, 4.69) is 67.2 Å². The van der Waals surface area contributed by atoms with Crippen LogP contribution in [-0.2, 0) is 4.79 Å². The van der Waals surface area contributed by atoms with Gasteiger partial charge in [0, 0.05) is 18.5 Å². The molecule has 130 valence electrons. The zero-order chi connectivity index (χ0) is 17.3. The number of amides is 1. The van der Waals surface area contributed by atoms with Crippen molar-refractivity contribution in [2.24, 2.45) is 22.2 Å². The van der Waals surface area contributed by atoms with Gasteiger partial charge in [0.2, 0.25) is 5.91 Å². The van der Waals surface area contributed by atoms with E-state index in [4.69, 9.17) is 0 Å². The molecule has 2 nitrogen and oxygen atoms in total. The van der Waals surface area contributed by atoms with Crippen molar-refractivity contribution in [1.29, 1.82) is 0 Å². The van der Waals surface area contributed by atoms with Gasteiger partial charge in [-0.1, -0.05) is 62.3 Å². The molecule has 1 aliphatic rings. The molecule has 1 aliphatic heterocycles. The fraction of sp³-hybridized carbons (Fsp3) is 0.950. The third-order valence-electron chi connectivity index (χ3n) is 5.14. The molecule has 0 saturated carbocycles.